The molecule has 3 aromatic rings. The van der Waals surface area contributed by atoms with Crippen molar-refractivity contribution in [3.8, 4) is 17.2 Å². The lowest BCUT2D eigenvalue weighted by Gasteiger charge is -2.26. The van der Waals surface area contributed by atoms with Gasteiger partial charge in [-0.05, 0) is 68.5 Å². The van der Waals surface area contributed by atoms with E-state index >= 15 is 4.39 Å². The van der Waals surface area contributed by atoms with Gasteiger partial charge in [0.05, 0.1) is 7.11 Å². The minimum atomic E-state index is -0.422. The van der Waals surface area contributed by atoms with Crippen molar-refractivity contribution in [2.75, 3.05) is 7.11 Å². The third-order valence-electron chi connectivity index (χ3n) is 5.42. The topological polar surface area (TPSA) is 27.7 Å². The van der Waals surface area contributed by atoms with Crippen molar-refractivity contribution in [1.82, 2.24) is 0 Å². The molecule has 33 heavy (non-hydrogen) atoms. The Morgan fingerprint density at radius 2 is 1.67 bits per heavy atom. The van der Waals surface area contributed by atoms with Crippen LogP contribution in [0.1, 0.15) is 49.4 Å². The van der Waals surface area contributed by atoms with E-state index in [4.69, 9.17) is 14.2 Å². The summed E-state index contributed by atoms with van der Waals surface area (Å²) in [5, 5.41) is 0. The normalized spacial score (nSPS) is 13.5. The number of fused-ring (bicyclic) bond motifs is 1. The predicted molar refractivity (Wildman–Crippen MR) is 134 cm³/mol. The van der Waals surface area contributed by atoms with Crippen LogP contribution in [0.15, 0.2) is 65.1 Å². The molecule has 0 fully saturated rings. The van der Waals surface area contributed by atoms with E-state index in [1.54, 1.807) is 13.2 Å². The average molecular weight is 511 g/mol. The first-order chi connectivity index (χ1) is 15.7. The summed E-state index contributed by atoms with van der Waals surface area (Å²) in [5.41, 5.74) is 4.54. The van der Waals surface area contributed by atoms with Gasteiger partial charge in [-0.15, -0.1) is 0 Å². The molecule has 0 saturated heterocycles. The predicted octanol–water partition coefficient (Wildman–Crippen LogP) is 7.69. The number of ether oxygens (including phenoxy) is 3. The second-order valence-corrected chi connectivity index (χ2v) is 10.0. The highest BCUT2D eigenvalue weighted by Crippen LogP contribution is 2.44. The van der Waals surface area contributed by atoms with E-state index in [1.807, 2.05) is 63.2 Å². The fraction of sp³-hybridized carbons (Fsp3) is 0.286. The van der Waals surface area contributed by atoms with Gasteiger partial charge in [0, 0.05) is 21.7 Å². The van der Waals surface area contributed by atoms with Gasteiger partial charge in [-0.1, -0.05) is 52.3 Å². The van der Waals surface area contributed by atoms with Gasteiger partial charge in [-0.3, -0.25) is 0 Å². The standard InChI is InChI=1S/C28H28BrFO3/c1-28(2,3)33-20-11-12-21-19(14-20)10-13-23(29)27(21)22-15-24(30)26(16-25(22)31-4)32-17-18-8-6-5-7-9-18/h5-9,11-12,14-16H,10,13,17H2,1-4H3. The lowest BCUT2D eigenvalue weighted by atomic mass is 9.86. The van der Waals surface area contributed by atoms with Crippen LogP contribution in [0.25, 0.3) is 5.57 Å². The minimum absolute atomic E-state index is 0.168. The highest BCUT2D eigenvalue weighted by molar-refractivity contribution is 9.11. The Bertz CT molecular complexity index is 1180. The van der Waals surface area contributed by atoms with Gasteiger partial charge in [0.1, 0.15) is 23.7 Å². The summed E-state index contributed by atoms with van der Waals surface area (Å²) in [6.45, 7) is 6.38. The van der Waals surface area contributed by atoms with Gasteiger partial charge in [0.15, 0.2) is 11.6 Å². The number of hydrogen-bond donors (Lipinski definition) is 0. The summed E-state index contributed by atoms with van der Waals surface area (Å²) in [6.07, 6.45) is 1.70. The quantitative estimate of drug-likeness (QED) is 0.340. The minimum Gasteiger partial charge on any atom is -0.496 e. The number of benzene rings is 3. The molecular weight excluding hydrogens is 483 g/mol. The number of allylic oxidation sites excluding steroid dienone is 1. The Morgan fingerprint density at radius 1 is 0.909 bits per heavy atom. The molecule has 0 spiro atoms. The van der Waals surface area contributed by atoms with Gasteiger partial charge < -0.3 is 14.2 Å². The van der Waals surface area contributed by atoms with Crippen LogP contribution < -0.4 is 14.2 Å². The Labute approximate surface area is 203 Å². The zero-order chi connectivity index (χ0) is 23.6. The third-order valence-corrected chi connectivity index (χ3v) is 6.21. The Morgan fingerprint density at radius 3 is 2.36 bits per heavy atom. The van der Waals surface area contributed by atoms with E-state index < -0.39 is 5.82 Å². The van der Waals surface area contributed by atoms with Crippen LogP contribution in [0.4, 0.5) is 4.39 Å². The molecule has 0 heterocycles. The van der Waals surface area contributed by atoms with Gasteiger partial charge in [-0.25, -0.2) is 4.39 Å². The fourth-order valence-electron chi connectivity index (χ4n) is 3.99. The van der Waals surface area contributed by atoms with Crippen LogP contribution in [0, 0.1) is 5.82 Å². The van der Waals surface area contributed by atoms with E-state index in [0.717, 1.165) is 39.8 Å². The molecule has 172 valence electrons. The van der Waals surface area contributed by atoms with E-state index in [9.17, 15) is 0 Å². The monoisotopic (exact) mass is 510 g/mol. The smallest absolute Gasteiger partial charge is 0.165 e. The van der Waals surface area contributed by atoms with Crippen LogP contribution in [-0.4, -0.2) is 12.7 Å². The van der Waals surface area contributed by atoms with Crippen LogP contribution in [0.2, 0.25) is 0 Å². The van der Waals surface area contributed by atoms with Gasteiger partial charge in [0.2, 0.25) is 0 Å². The van der Waals surface area contributed by atoms with Crippen molar-refractivity contribution in [2.24, 2.45) is 0 Å². The summed E-state index contributed by atoms with van der Waals surface area (Å²) in [4.78, 5) is 0. The molecule has 1 aliphatic rings. The largest absolute Gasteiger partial charge is 0.496 e. The molecule has 0 aromatic heterocycles. The van der Waals surface area contributed by atoms with E-state index in [1.165, 1.54) is 11.6 Å². The number of halogens is 2. The Balaban J connectivity index is 1.69. The maximum Gasteiger partial charge on any atom is 0.165 e. The lowest BCUT2D eigenvalue weighted by Crippen LogP contribution is -2.23. The molecule has 4 rings (SSSR count). The summed E-state index contributed by atoms with van der Waals surface area (Å²) >= 11 is 3.74. The summed E-state index contributed by atoms with van der Waals surface area (Å²) in [5.74, 6) is 1.14. The maximum atomic E-state index is 15.1. The first-order valence-corrected chi connectivity index (χ1v) is 11.8. The maximum absolute atomic E-state index is 15.1. The molecule has 0 radical (unpaired) electrons. The van der Waals surface area contributed by atoms with Crippen molar-refractivity contribution in [1.29, 1.82) is 0 Å². The SMILES string of the molecule is COc1cc(OCc2ccccc2)c(F)cc1C1=C(Br)CCc2cc(OC(C)(C)C)ccc21. The lowest BCUT2D eigenvalue weighted by molar-refractivity contribution is 0.131. The number of methoxy groups -OCH3 is 1. The first-order valence-electron chi connectivity index (χ1n) is 11.0. The molecule has 0 atom stereocenters. The van der Waals surface area contributed by atoms with E-state index in [0.29, 0.717) is 11.3 Å². The van der Waals surface area contributed by atoms with Crippen molar-refractivity contribution in [2.45, 2.75) is 45.8 Å². The summed E-state index contributed by atoms with van der Waals surface area (Å²) < 4.78 is 33.7. The van der Waals surface area contributed by atoms with E-state index in [-0.39, 0.29) is 18.0 Å². The van der Waals surface area contributed by atoms with E-state index in [2.05, 4.69) is 22.0 Å². The van der Waals surface area contributed by atoms with Crippen LogP contribution in [0.3, 0.4) is 0 Å². The Kier molecular flexibility index (Phi) is 6.80. The van der Waals surface area contributed by atoms with Crippen LogP contribution in [-0.2, 0) is 13.0 Å². The first kappa shape index (κ1) is 23.4. The van der Waals surface area contributed by atoms with Crippen LogP contribution >= 0.6 is 15.9 Å². The summed E-state index contributed by atoms with van der Waals surface area (Å²) in [7, 11) is 1.59. The zero-order valence-corrected chi connectivity index (χ0v) is 21.0. The highest BCUT2D eigenvalue weighted by atomic mass is 79.9. The number of rotatable bonds is 6. The zero-order valence-electron chi connectivity index (χ0n) is 19.4. The van der Waals surface area contributed by atoms with Crippen molar-refractivity contribution >= 4 is 21.5 Å². The number of hydrogen-bond acceptors (Lipinski definition) is 3. The molecule has 5 heteroatoms. The second-order valence-electron chi connectivity index (χ2n) is 9.07. The van der Waals surface area contributed by atoms with Crippen molar-refractivity contribution in [3.63, 3.8) is 0 Å². The molecule has 0 bridgehead atoms. The Hall–Kier alpha value is -2.79. The van der Waals surface area contributed by atoms with Gasteiger partial charge in [-0.2, -0.15) is 0 Å². The molecule has 3 aromatic carbocycles. The fourth-order valence-corrected chi connectivity index (χ4v) is 4.61. The molecule has 0 amide bonds. The molecule has 3 nitrogen and oxygen atoms in total. The molecule has 0 aliphatic heterocycles. The molecule has 1 aliphatic carbocycles. The highest BCUT2D eigenvalue weighted by Gasteiger charge is 2.25. The van der Waals surface area contributed by atoms with Gasteiger partial charge >= 0.3 is 0 Å². The molecule has 0 unspecified atom stereocenters. The second kappa shape index (κ2) is 9.60. The molecule has 0 saturated carbocycles. The molecular formula is C28H28BrFO3. The number of aryl methyl sites for hydroxylation is 1. The summed E-state index contributed by atoms with van der Waals surface area (Å²) in [6, 6.07) is 18.9. The van der Waals surface area contributed by atoms with Gasteiger partial charge in [0.25, 0.3) is 0 Å². The van der Waals surface area contributed by atoms with Crippen molar-refractivity contribution in [3.05, 3.63) is 93.2 Å². The molecule has 0 N–H and O–H groups in total. The average Bonchev–Trinajstić information content (AvgIpc) is 2.78. The van der Waals surface area contributed by atoms with Crippen molar-refractivity contribution < 1.29 is 18.6 Å². The van der Waals surface area contributed by atoms with Crippen LogP contribution in [0.5, 0.6) is 17.2 Å². The third kappa shape index (κ3) is 5.41.